The third kappa shape index (κ3) is 2.73. The topological polar surface area (TPSA) is 66.9 Å². The fourth-order valence-corrected chi connectivity index (χ4v) is 4.05. The van der Waals surface area contributed by atoms with Crippen LogP contribution in [-0.4, -0.2) is 28.5 Å². The van der Waals surface area contributed by atoms with E-state index in [2.05, 4.69) is 38.1 Å². The van der Waals surface area contributed by atoms with E-state index in [1.54, 1.807) is 11.3 Å². The molecule has 1 fully saturated rings. The van der Waals surface area contributed by atoms with Crippen LogP contribution in [0, 0.1) is 6.92 Å². The number of piperidine rings is 1. The number of nitrogens with one attached hydrogen (secondary N) is 2. The van der Waals surface area contributed by atoms with E-state index in [0.29, 0.717) is 5.82 Å². The average Bonchev–Trinajstić information content (AvgIpc) is 3.01. The van der Waals surface area contributed by atoms with E-state index in [9.17, 15) is 4.79 Å². The van der Waals surface area contributed by atoms with Gasteiger partial charge >= 0.3 is 0 Å². The summed E-state index contributed by atoms with van der Waals surface area (Å²) in [6.45, 7) is 2.64. The van der Waals surface area contributed by atoms with Gasteiger partial charge in [-0.25, -0.2) is 9.97 Å². The van der Waals surface area contributed by atoms with Crippen LogP contribution in [0.15, 0.2) is 35.7 Å². The Morgan fingerprint density at radius 3 is 2.88 bits per heavy atom. The molecule has 122 valence electrons. The lowest BCUT2D eigenvalue weighted by atomic mass is 10.0. The Morgan fingerprint density at radius 1 is 1.25 bits per heavy atom. The molecule has 6 heteroatoms. The first-order valence-electron chi connectivity index (χ1n) is 8.08. The second-order valence-electron chi connectivity index (χ2n) is 5.95. The zero-order valence-corrected chi connectivity index (χ0v) is 14.2. The highest BCUT2D eigenvalue weighted by Crippen LogP contribution is 2.37. The van der Waals surface area contributed by atoms with Crippen molar-refractivity contribution in [2.24, 2.45) is 0 Å². The Balaban J connectivity index is 1.81. The number of carbonyl (C=O) groups excluding carboxylic acids is 1. The summed E-state index contributed by atoms with van der Waals surface area (Å²) in [6, 6.07) is 9.98. The molecule has 0 bridgehead atoms. The number of aryl methyl sites for hydroxylation is 1. The molecule has 1 saturated heterocycles. The van der Waals surface area contributed by atoms with Gasteiger partial charge in [0.2, 0.25) is 5.91 Å². The van der Waals surface area contributed by atoms with Crippen molar-refractivity contribution in [1.29, 1.82) is 0 Å². The normalized spacial score (nSPS) is 17.7. The van der Waals surface area contributed by atoms with Gasteiger partial charge in [0.15, 0.2) is 0 Å². The Hall–Kier alpha value is -2.47. The third-order valence-electron chi connectivity index (χ3n) is 4.23. The fourth-order valence-electron chi connectivity index (χ4n) is 3.06. The van der Waals surface area contributed by atoms with Gasteiger partial charge in [0.1, 0.15) is 22.5 Å². The molecule has 3 aromatic rings. The molecule has 1 aliphatic heterocycles. The number of carbonyl (C=O) groups is 1. The molecule has 4 rings (SSSR count). The van der Waals surface area contributed by atoms with Gasteiger partial charge in [-0.2, -0.15) is 0 Å². The van der Waals surface area contributed by atoms with Gasteiger partial charge in [0.05, 0.1) is 5.39 Å². The second kappa shape index (κ2) is 6.20. The summed E-state index contributed by atoms with van der Waals surface area (Å²) >= 11 is 1.61. The summed E-state index contributed by atoms with van der Waals surface area (Å²) in [5.41, 5.74) is 2.24. The smallest absolute Gasteiger partial charge is 0.242 e. The van der Waals surface area contributed by atoms with E-state index >= 15 is 0 Å². The number of fused-ring (bicyclic) bond motifs is 1. The Morgan fingerprint density at radius 2 is 2.08 bits per heavy atom. The number of amides is 1. The molecule has 0 radical (unpaired) electrons. The molecule has 2 aromatic heterocycles. The van der Waals surface area contributed by atoms with Crippen LogP contribution in [0.4, 0.5) is 5.82 Å². The Bertz CT molecular complexity index is 891. The third-order valence-corrected chi connectivity index (χ3v) is 5.10. The molecule has 0 aliphatic carbocycles. The maximum atomic E-state index is 12.1. The maximum absolute atomic E-state index is 12.1. The van der Waals surface area contributed by atoms with Crippen LogP contribution in [0.2, 0.25) is 0 Å². The lowest BCUT2D eigenvalue weighted by molar-refractivity contribution is -0.123. The highest BCUT2D eigenvalue weighted by molar-refractivity contribution is 7.17. The lowest BCUT2D eigenvalue weighted by Gasteiger charge is -2.23. The van der Waals surface area contributed by atoms with E-state index in [1.807, 2.05) is 25.1 Å². The zero-order valence-electron chi connectivity index (χ0n) is 13.4. The van der Waals surface area contributed by atoms with E-state index in [1.165, 1.54) is 0 Å². The van der Waals surface area contributed by atoms with Crippen molar-refractivity contribution in [3.05, 3.63) is 41.5 Å². The zero-order chi connectivity index (χ0) is 16.5. The molecule has 1 amide bonds. The number of benzene rings is 1. The quantitative estimate of drug-likeness (QED) is 0.768. The summed E-state index contributed by atoms with van der Waals surface area (Å²) in [7, 11) is 0. The molecule has 1 aromatic carbocycles. The highest BCUT2D eigenvalue weighted by Gasteiger charge is 2.24. The van der Waals surface area contributed by atoms with Crippen molar-refractivity contribution in [3.8, 4) is 11.1 Å². The summed E-state index contributed by atoms with van der Waals surface area (Å²) < 4.78 is 0. The van der Waals surface area contributed by atoms with E-state index < -0.39 is 0 Å². The van der Waals surface area contributed by atoms with Crippen molar-refractivity contribution in [2.45, 2.75) is 25.8 Å². The van der Waals surface area contributed by atoms with Crippen molar-refractivity contribution in [3.63, 3.8) is 0 Å². The Kier molecular flexibility index (Phi) is 3.90. The van der Waals surface area contributed by atoms with Gasteiger partial charge in [-0.15, -0.1) is 11.3 Å². The number of aromatic nitrogens is 2. The van der Waals surface area contributed by atoms with Crippen molar-refractivity contribution >= 4 is 33.3 Å². The molecule has 3 heterocycles. The lowest BCUT2D eigenvalue weighted by Crippen LogP contribution is -2.44. The van der Waals surface area contributed by atoms with Crippen LogP contribution in [0.1, 0.15) is 18.7 Å². The van der Waals surface area contributed by atoms with Crippen LogP contribution in [0.5, 0.6) is 0 Å². The number of rotatable bonds is 3. The molecule has 0 saturated carbocycles. The number of hydrogen-bond donors (Lipinski definition) is 2. The summed E-state index contributed by atoms with van der Waals surface area (Å²) in [5.74, 6) is 1.50. The minimum Gasteiger partial charge on any atom is -0.358 e. The predicted octanol–water partition coefficient (Wildman–Crippen LogP) is 3.36. The summed E-state index contributed by atoms with van der Waals surface area (Å²) in [4.78, 5) is 22.2. The minimum atomic E-state index is -0.236. The van der Waals surface area contributed by atoms with Crippen LogP contribution in [0.3, 0.4) is 0 Å². The molecule has 24 heavy (non-hydrogen) atoms. The molecule has 5 nitrogen and oxygen atoms in total. The first kappa shape index (κ1) is 15.1. The number of thiophene rings is 1. The first-order chi connectivity index (χ1) is 11.7. The van der Waals surface area contributed by atoms with E-state index in [4.69, 9.17) is 0 Å². The van der Waals surface area contributed by atoms with Crippen molar-refractivity contribution in [2.75, 3.05) is 11.9 Å². The number of anilines is 1. The molecular formula is C18H18N4OS. The SMILES string of the molecule is Cc1nc(NC2CCCNC2=O)c2c(-c3ccccc3)csc2n1. The van der Waals surface area contributed by atoms with Gasteiger partial charge in [0, 0.05) is 17.5 Å². The molecule has 1 unspecified atom stereocenters. The monoisotopic (exact) mass is 338 g/mol. The molecule has 2 N–H and O–H groups in total. The standard InChI is InChI=1S/C18H18N4OS/c1-11-20-16(22-14-8-5-9-19-17(14)23)15-13(10-24-18(15)21-11)12-6-3-2-4-7-12/h2-4,6-7,10,14H,5,8-9H2,1H3,(H,19,23)(H,20,21,22). The van der Waals surface area contributed by atoms with E-state index in [-0.39, 0.29) is 11.9 Å². The number of hydrogen-bond acceptors (Lipinski definition) is 5. The average molecular weight is 338 g/mol. The van der Waals surface area contributed by atoms with Gasteiger partial charge in [0.25, 0.3) is 0 Å². The molecule has 1 aliphatic rings. The van der Waals surface area contributed by atoms with Gasteiger partial charge in [-0.3, -0.25) is 4.79 Å². The molecular weight excluding hydrogens is 320 g/mol. The van der Waals surface area contributed by atoms with Crippen LogP contribution >= 0.6 is 11.3 Å². The van der Waals surface area contributed by atoms with Crippen molar-refractivity contribution in [1.82, 2.24) is 15.3 Å². The molecule has 1 atom stereocenters. The number of nitrogens with zero attached hydrogens (tertiary/aromatic N) is 2. The Labute approximate surface area is 144 Å². The fraction of sp³-hybridized carbons (Fsp3) is 0.278. The minimum absolute atomic E-state index is 0.0437. The van der Waals surface area contributed by atoms with Crippen molar-refractivity contribution < 1.29 is 4.79 Å². The van der Waals surface area contributed by atoms with Gasteiger partial charge in [-0.1, -0.05) is 30.3 Å². The summed E-state index contributed by atoms with van der Waals surface area (Å²) in [5, 5.41) is 9.37. The molecule has 0 spiro atoms. The van der Waals surface area contributed by atoms with E-state index in [0.717, 1.165) is 46.5 Å². The van der Waals surface area contributed by atoms with Gasteiger partial charge in [-0.05, 0) is 25.3 Å². The largest absolute Gasteiger partial charge is 0.358 e. The van der Waals surface area contributed by atoms with Crippen LogP contribution in [0.25, 0.3) is 21.3 Å². The highest BCUT2D eigenvalue weighted by atomic mass is 32.1. The second-order valence-corrected chi connectivity index (χ2v) is 6.80. The van der Waals surface area contributed by atoms with Crippen LogP contribution < -0.4 is 10.6 Å². The predicted molar refractivity (Wildman–Crippen MR) is 97.2 cm³/mol. The first-order valence-corrected chi connectivity index (χ1v) is 8.96. The van der Waals surface area contributed by atoms with Crippen LogP contribution in [-0.2, 0) is 4.79 Å². The van der Waals surface area contributed by atoms with Gasteiger partial charge < -0.3 is 10.6 Å². The summed E-state index contributed by atoms with van der Waals surface area (Å²) in [6.07, 6.45) is 1.80. The maximum Gasteiger partial charge on any atom is 0.242 e.